The van der Waals surface area contributed by atoms with Gasteiger partial charge in [-0.3, -0.25) is 9.59 Å². The fraction of sp³-hybridized carbons (Fsp3) is 0.625. The maximum Gasteiger partial charge on any atom is 0.306 e. The fourth-order valence-electron chi connectivity index (χ4n) is 2.69. The summed E-state index contributed by atoms with van der Waals surface area (Å²) >= 11 is 1.58. The molecular weight excluding hydrogens is 302 g/mol. The van der Waals surface area contributed by atoms with Crippen LogP contribution < -0.4 is 0 Å². The zero-order valence-electron chi connectivity index (χ0n) is 13.1. The molecule has 0 aromatic carbocycles. The Bertz CT molecular complexity index is 540. The first kappa shape index (κ1) is 17.0. The van der Waals surface area contributed by atoms with Gasteiger partial charge in [0.25, 0.3) is 5.91 Å². The molecule has 1 N–H and O–H groups in total. The lowest BCUT2D eigenvalue weighted by molar-refractivity contribution is -0.141. The first-order chi connectivity index (χ1) is 10.5. The summed E-state index contributed by atoms with van der Waals surface area (Å²) in [5.74, 6) is -0.894. The van der Waals surface area contributed by atoms with Gasteiger partial charge in [-0.25, -0.2) is 0 Å². The molecule has 2 heterocycles. The van der Waals surface area contributed by atoms with Gasteiger partial charge >= 0.3 is 5.97 Å². The van der Waals surface area contributed by atoms with Gasteiger partial charge in [-0.1, -0.05) is 20.3 Å². The number of hydrogen-bond donors (Lipinski definition) is 1. The highest BCUT2D eigenvalue weighted by Gasteiger charge is 2.27. The second-order valence-corrected chi connectivity index (χ2v) is 6.64. The summed E-state index contributed by atoms with van der Waals surface area (Å²) in [5.41, 5.74) is 1.26. The Morgan fingerprint density at radius 1 is 1.45 bits per heavy atom. The number of nitrogens with zero attached hydrogens (tertiary/aromatic N) is 1. The quantitative estimate of drug-likeness (QED) is 0.873. The molecule has 22 heavy (non-hydrogen) atoms. The fourth-order valence-corrected chi connectivity index (χ4v) is 4.01. The monoisotopic (exact) mass is 325 g/mol. The van der Waals surface area contributed by atoms with Crippen LogP contribution in [0.4, 0.5) is 0 Å². The largest absolute Gasteiger partial charge is 0.481 e. The molecule has 0 saturated carbocycles. The predicted molar refractivity (Wildman–Crippen MR) is 85.6 cm³/mol. The van der Waals surface area contributed by atoms with E-state index in [9.17, 15) is 9.59 Å². The summed E-state index contributed by atoms with van der Waals surface area (Å²) in [7, 11) is 0. The Kier molecular flexibility index (Phi) is 5.97. The van der Waals surface area contributed by atoms with Gasteiger partial charge in [-0.2, -0.15) is 0 Å². The summed E-state index contributed by atoms with van der Waals surface area (Å²) in [4.78, 5) is 27.2. The molecule has 1 amide bonds. The summed E-state index contributed by atoms with van der Waals surface area (Å²) < 4.78 is 5.42. The molecule has 1 aliphatic rings. The number of morpholine rings is 1. The van der Waals surface area contributed by atoms with E-state index < -0.39 is 12.1 Å². The number of carbonyl (C=O) groups is 2. The summed E-state index contributed by atoms with van der Waals surface area (Å²) in [5, 5.41) is 8.86. The Hall–Kier alpha value is -1.40. The van der Waals surface area contributed by atoms with E-state index in [1.165, 1.54) is 10.4 Å². The third-order valence-electron chi connectivity index (χ3n) is 3.79. The van der Waals surface area contributed by atoms with E-state index in [1.807, 2.05) is 6.07 Å². The molecule has 1 fully saturated rings. The average Bonchev–Trinajstić information content (AvgIpc) is 2.89. The van der Waals surface area contributed by atoms with E-state index in [1.54, 1.807) is 16.2 Å². The number of aryl methyl sites for hydroxylation is 2. The molecule has 0 radical (unpaired) electrons. The molecule has 0 spiro atoms. The van der Waals surface area contributed by atoms with Gasteiger partial charge in [0, 0.05) is 18.0 Å². The van der Waals surface area contributed by atoms with Crippen molar-refractivity contribution >= 4 is 23.2 Å². The number of aliphatic carboxylic acids is 1. The third kappa shape index (κ3) is 4.08. The van der Waals surface area contributed by atoms with Crippen molar-refractivity contribution in [2.45, 2.75) is 45.6 Å². The molecule has 1 aromatic heterocycles. The van der Waals surface area contributed by atoms with Crippen LogP contribution in [0.15, 0.2) is 6.07 Å². The molecule has 0 aliphatic carbocycles. The van der Waals surface area contributed by atoms with Gasteiger partial charge in [0.1, 0.15) is 0 Å². The lowest BCUT2D eigenvalue weighted by Crippen LogP contribution is -2.46. The number of hydrogen-bond acceptors (Lipinski definition) is 4. The highest BCUT2D eigenvalue weighted by atomic mass is 32.1. The number of carbonyl (C=O) groups excluding carboxylic acids is 1. The van der Waals surface area contributed by atoms with Crippen LogP contribution in [-0.2, 0) is 22.4 Å². The minimum absolute atomic E-state index is 0.000687. The predicted octanol–water partition coefficient (Wildman–Crippen LogP) is 2.58. The van der Waals surface area contributed by atoms with Crippen LogP contribution in [-0.4, -0.2) is 47.7 Å². The first-order valence-corrected chi connectivity index (χ1v) is 8.61. The van der Waals surface area contributed by atoms with Crippen LogP contribution in [0.5, 0.6) is 0 Å². The zero-order chi connectivity index (χ0) is 16.1. The number of carboxylic acids is 1. The van der Waals surface area contributed by atoms with Gasteiger partial charge in [-0.05, 0) is 24.5 Å². The molecule has 1 aliphatic heterocycles. The Labute approximate surface area is 134 Å². The average molecular weight is 325 g/mol. The highest BCUT2D eigenvalue weighted by molar-refractivity contribution is 7.14. The van der Waals surface area contributed by atoms with Crippen LogP contribution >= 0.6 is 11.3 Å². The standard InChI is InChI=1S/C16H23NO4S/c1-3-5-13-11(4-2)8-14(22-13)16(20)17-6-7-21-12(10-17)9-15(18)19/h8,12H,3-7,9-10H2,1-2H3,(H,18,19). The molecule has 5 nitrogen and oxygen atoms in total. The van der Waals surface area contributed by atoms with Gasteiger partial charge in [0.15, 0.2) is 0 Å². The highest BCUT2D eigenvalue weighted by Crippen LogP contribution is 2.26. The van der Waals surface area contributed by atoms with Gasteiger partial charge in [0.2, 0.25) is 0 Å². The van der Waals surface area contributed by atoms with E-state index in [2.05, 4.69) is 13.8 Å². The van der Waals surface area contributed by atoms with E-state index in [0.29, 0.717) is 19.7 Å². The minimum atomic E-state index is -0.895. The number of carboxylic acid groups (broad SMARTS) is 1. The van der Waals surface area contributed by atoms with Crippen LogP contribution in [0.3, 0.4) is 0 Å². The summed E-state index contributed by atoms with van der Waals surface area (Å²) in [6.07, 6.45) is 2.54. The molecule has 1 atom stereocenters. The van der Waals surface area contributed by atoms with Crippen LogP contribution in [0, 0.1) is 0 Å². The summed E-state index contributed by atoms with van der Waals surface area (Å²) in [6, 6.07) is 2.00. The second kappa shape index (κ2) is 7.74. The lowest BCUT2D eigenvalue weighted by Gasteiger charge is -2.32. The van der Waals surface area contributed by atoms with Crippen molar-refractivity contribution in [3.05, 3.63) is 21.4 Å². The molecule has 1 unspecified atom stereocenters. The lowest BCUT2D eigenvalue weighted by atomic mass is 10.1. The van der Waals surface area contributed by atoms with Crippen LogP contribution in [0.25, 0.3) is 0 Å². The topological polar surface area (TPSA) is 66.8 Å². The summed E-state index contributed by atoms with van der Waals surface area (Å²) in [6.45, 7) is 5.52. The SMILES string of the molecule is CCCc1sc(C(=O)N2CCOC(CC(=O)O)C2)cc1CC. The molecule has 122 valence electrons. The Morgan fingerprint density at radius 3 is 2.86 bits per heavy atom. The molecule has 0 bridgehead atoms. The minimum Gasteiger partial charge on any atom is -0.481 e. The van der Waals surface area contributed by atoms with Crippen molar-refractivity contribution in [2.75, 3.05) is 19.7 Å². The van der Waals surface area contributed by atoms with Gasteiger partial charge in [0.05, 0.1) is 24.0 Å². The van der Waals surface area contributed by atoms with E-state index in [-0.39, 0.29) is 12.3 Å². The maximum atomic E-state index is 12.7. The van der Waals surface area contributed by atoms with Crippen molar-refractivity contribution in [3.63, 3.8) is 0 Å². The van der Waals surface area contributed by atoms with E-state index in [0.717, 1.165) is 24.1 Å². The number of rotatable bonds is 6. The zero-order valence-corrected chi connectivity index (χ0v) is 13.9. The van der Waals surface area contributed by atoms with Crippen molar-refractivity contribution in [3.8, 4) is 0 Å². The Balaban J connectivity index is 2.08. The molecule has 6 heteroatoms. The normalized spacial score (nSPS) is 18.5. The van der Waals surface area contributed by atoms with Crippen molar-refractivity contribution in [1.29, 1.82) is 0 Å². The Morgan fingerprint density at radius 2 is 2.23 bits per heavy atom. The molecular formula is C16H23NO4S. The van der Waals surface area contributed by atoms with E-state index in [4.69, 9.17) is 9.84 Å². The number of amides is 1. The molecule has 1 aromatic rings. The maximum absolute atomic E-state index is 12.7. The van der Waals surface area contributed by atoms with Crippen molar-refractivity contribution in [2.24, 2.45) is 0 Å². The molecule has 1 saturated heterocycles. The van der Waals surface area contributed by atoms with Crippen LogP contribution in [0.1, 0.15) is 46.8 Å². The first-order valence-electron chi connectivity index (χ1n) is 7.79. The number of thiophene rings is 1. The smallest absolute Gasteiger partial charge is 0.306 e. The molecule has 2 rings (SSSR count). The van der Waals surface area contributed by atoms with Gasteiger partial charge in [-0.15, -0.1) is 11.3 Å². The second-order valence-electron chi connectivity index (χ2n) is 5.50. The van der Waals surface area contributed by atoms with E-state index >= 15 is 0 Å². The third-order valence-corrected chi connectivity index (χ3v) is 5.02. The van der Waals surface area contributed by atoms with Crippen molar-refractivity contribution in [1.82, 2.24) is 4.90 Å². The van der Waals surface area contributed by atoms with Gasteiger partial charge < -0.3 is 14.7 Å². The van der Waals surface area contributed by atoms with Crippen LogP contribution in [0.2, 0.25) is 0 Å². The number of ether oxygens (including phenoxy) is 1. The van der Waals surface area contributed by atoms with Crippen molar-refractivity contribution < 1.29 is 19.4 Å².